The van der Waals surface area contributed by atoms with Crippen LogP contribution in [-0.4, -0.2) is 18.9 Å². The van der Waals surface area contributed by atoms with Gasteiger partial charge < -0.3 is 9.53 Å². The molecule has 0 aromatic rings. The molecule has 0 radical (unpaired) electrons. The highest BCUT2D eigenvalue weighted by atomic mass is 16.5. The summed E-state index contributed by atoms with van der Waals surface area (Å²) in [5.74, 6) is 0.186. The smallest absolute Gasteiger partial charge is 0.302 e. The van der Waals surface area contributed by atoms with Gasteiger partial charge in [0.2, 0.25) is 0 Å². The van der Waals surface area contributed by atoms with Crippen molar-refractivity contribution in [3.8, 4) is 0 Å². The van der Waals surface area contributed by atoms with Crippen LogP contribution in [0.5, 0.6) is 0 Å². The number of allylic oxidation sites excluding steroid dienone is 3. The van der Waals surface area contributed by atoms with E-state index in [-0.39, 0.29) is 18.0 Å². The third-order valence-corrected chi connectivity index (χ3v) is 4.20. The molecule has 1 aliphatic carbocycles. The first kappa shape index (κ1) is 16.7. The molecule has 0 bridgehead atoms. The lowest BCUT2D eigenvalue weighted by molar-refractivity contribution is -0.140. The van der Waals surface area contributed by atoms with Gasteiger partial charge in [0.1, 0.15) is 12.9 Å². The molecule has 0 N–H and O–H groups in total. The zero-order chi connectivity index (χ0) is 15.2. The lowest BCUT2D eigenvalue weighted by Gasteiger charge is -2.38. The van der Waals surface area contributed by atoms with E-state index in [2.05, 4.69) is 32.9 Å². The fraction of sp³-hybridized carbons (Fsp3) is 0.647. The van der Waals surface area contributed by atoms with Crippen LogP contribution in [-0.2, 0) is 14.3 Å². The maximum atomic E-state index is 10.9. The SMILES string of the molecule is CC(=O)OC/C(=C/CC1C(C)=CCCC1(C)C)CC=O. The predicted molar refractivity (Wildman–Crippen MR) is 80.3 cm³/mol. The van der Waals surface area contributed by atoms with Gasteiger partial charge in [-0.15, -0.1) is 0 Å². The highest BCUT2D eigenvalue weighted by Crippen LogP contribution is 2.43. The first-order chi connectivity index (χ1) is 9.36. The molecule has 1 aliphatic rings. The minimum atomic E-state index is -0.309. The van der Waals surface area contributed by atoms with Crippen molar-refractivity contribution in [1.29, 1.82) is 0 Å². The second-order valence-corrected chi connectivity index (χ2v) is 6.28. The fourth-order valence-corrected chi connectivity index (χ4v) is 2.90. The van der Waals surface area contributed by atoms with E-state index in [4.69, 9.17) is 4.74 Å². The summed E-state index contributed by atoms with van der Waals surface area (Å²) in [4.78, 5) is 21.6. The van der Waals surface area contributed by atoms with Gasteiger partial charge in [0, 0.05) is 13.3 Å². The van der Waals surface area contributed by atoms with Crippen LogP contribution < -0.4 is 0 Å². The predicted octanol–water partition coefficient (Wildman–Crippen LogP) is 3.84. The summed E-state index contributed by atoms with van der Waals surface area (Å²) in [6.07, 6.45) is 8.83. The molecule has 0 aromatic heterocycles. The molecular formula is C17H26O3. The minimum absolute atomic E-state index is 0.226. The number of ether oxygens (including phenoxy) is 1. The molecule has 0 aromatic carbocycles. The van der Waals surface area contributed by atoms with E-state index in [0.29, 0.717) is 12.3 Å². The maximum Gasteiger partial charge on any atom is 0.302 e. The Bertz CT molecular complexity index is 416. The molecule has 112 valence electrons. The first-order valence-electron chi connectivity index (χ1n) is 7.28. The van der Waals surface area contributed by atoms with Gasteiger partial charge in [-0.05, 0) is 43.1 Å². The van der Waals surface area contributed by atoms with Crippen LogP contribution in [0, 0.1) is 11.3 Å². The van der Waals surface area contributed by atoms with E-state index in [1.54, 1.807) is 0 Å². The Labute approximate surface area is 122 Å². The minimum Gasteiger partial charge on any atom is -0.461 e. The topological polar surface area (TPSA) is 43.4 Å². The van der Waals surface area contributed by atoms with Crippen molar-refractivity contribution in [3.05, 3.63) is 23.3 Å². The van der Waals surface area contributed by atoms with E-state index in [9.17, 15) is 9.59 Å². The van der Waals surface area contributed by atoms with Gasteiger partial charge >= 0.3 is 5.97 Å². The first-order valence-corrected chi connectivity index (χ1v) is 7.28. The van der Waals surface area contributed by atoms with Crippen LogP contribution in [0.3, 0.4) is 0 Å². The highest BCUT2D eigenvalue weighted by molar-refractivity contribution is 5.66. The normalized spacial score (nSPS) is 22.1. The van der Waals surface area contributed by atoms with E-state index in [0.717, 1.165) is 24.7 Å². The maximum absolute atomic E-state index is 10.9. The van der Waals surface area contributed by atoms with Gasteiger partial charge in [-0.2, -0.15) is 0 Å². The van der Waals surface area contributed by atoms with E-state index in [1.165, 1.54) is 18.9 Å². The standard InChI is InChI=1S/C17H26O3/c1-13-6-5-10-17(3,4)16(13)8-7-15(9-11-18)12-20-14(2)19/h6-7,11,16H,5,8-10,12H2,1-4H3/b15-7+. The van der Waals surface area contributed by atoms with Gasteiger partial charge in [0.05, 0.1) is 0 Å². The summed E-state index contributed by atoms with van der Waals surface area (Å²) in [5.41, 5.74) is 2.60. The second kappa shape index (κ2) is 7.41. The van der Waals surface area contributed by atoms with Crippen LogP contribution in [0.25, 0.3) is 0 Å². The van der Waals surface area contributed by atoms with Crippen molar-refractivity contribution in [2.75, 3.05) is 6.61 Å². The van der Waals surface area contributed by atoms with Crippen LogP contribution in [0.1, 0.15) is 53.4 Å². The molecule has 0 aliphatic heterocycles. The van der Waals surface area contributed by atoms with Crippen molar-refractivity contribution >= 4 is 12.3 Å². The number of carbonyl (C=O) groups excluding carboxylic acids is 2. The lowest BCUT2D eigenvalue weighted by Crippen LogP contribution is -2.27. The number of rotatable bonds is 6. The second-order valence-electron chi connectivity index (χ2n) is 6.28. The number of hydrogen-bond acceptors (Lipinski definition) is 3. The zero-order valence-corrected chi connectivity index (χ0v) is 13.1. The summed E-state index contributed by atoms with van der Waals surface area (Å²) < 4.78 is 4.99. The molecular weight excluding hydrogens is 252 g/mol. The van der Waals surface area contributed by atoms with Crippen molar-refractivity contribution in [3.63, 3.8) is 0 Å². The van der Waals surface area contributed by atoms with Crippen LogP contribution in [0.4, 0.5) is 0 Å². The molecule has 0 amide bonds. The Morgan fingerprint density at radius 1 is 1.50 bits per heavy atom. The Morgan fingerprint density at radius 2 is 2.20 bits per heavy atom. The molecule has 20 heavy (non-hydrogen) atoms. The number of hydrogen-bond donors (Lipinski definition) is 0. The molecule has 1 atom stereocenters. The fourth-order valence-electron chi connectivity index (χ4n) is 2.90. The molecule has 0 saturated heterocycles. The summed E-state index contributed by atoms with van der Waals surface area (Å²) in [6, 6.07) is 0. The monoisotopic (exact) mass is 278 g/mol. The summed E-state index contributed by atoms with van der Waals surface area (Å²) >= 11 is 0. The molecule has 0 saturated carbocycles. The van der Waals surface area contributed by atoms with Gasteiger partial charge in [-0.1, -0.05) is 31.6 Å². The third-order valence-electron chi connectivity index (χ3n) is 4.20. The van der Waals surface area contributed by atoms with E-state index < -0.39 is 0 Å². The third kappa shape index (κ3) is 4.95. The van der Waals surface area contributed by atoms with E-state index >= 15 is 0 Å². The molecule has 0 heterocycles. The molecule has 3 heteroatoms. The quantitative estimate of drug-likeness (QED) is 0.421. The summed E-state index contributed by atoms with van der Waals surface area (Å²) in [5, 5.41) is 0. The Kier molecular flexibility index (Phi) is 6.18. The Morgan fingerprint density at radius 3 is 2.75 bits per heavy atom. The average Bonchev–Trinajstić information content (AvgIpc) is 2.34. The van der Waals surface area contributed by atoms with Crippen LogP contribution in [0.2, 0.25) is 0 Å². The zero-order valence-electron chi connectivity index (χ0n) is 13.1. The number of carbonyl (C=O) groups is 2. The van der Waals surface area contributed by atoms with Crippen molar-refractivity contribution in [1.82, 2.24) is 0 Å². The molecule has 3 nitrogen and oxygen atoms in total. The van der Waals surface area contributed by atoms with Crippen LogP contribution in [0.15, 0.2) is 23.3 Å². The number of esters is 1. The average molecular weight is 278 g/mol. The molecule has 1 rings (SSSR count). The Balaban J connectivity index is 2.74. The van der Waals surface area contributed by atoms with Crippen molar-refractivity contribution in [2.24, 2.45) is 11.3 Å². The Hall–Kier alpha value is -1.38. The van der Waals surface area contributed by atoms with Gasteiger partial charge in [-0.25, -0.2) is 0 Å². The van der Waals surface area contributed by atoms with Crippen molar-refractivity contribution < 1.29 is 14.3 Å². The van der Waals surface area contributed by atoms with Gasteiger partial charge in [0.15, 0.2) is 0 Å². The lowest BCUT2D eigenvalue weighted by atomic mass is 9.67. The highest BCUT2D eigenvalue weighted by Gasteiger charge is 2.31. The largest absolute Gasteiger partial charge is 0.461 e. The van der Waals surface area contributed by atoms with Gasteiger partial charge in [-0.3, -0.25) is 4.79 Å². The van der Waals surface area contributed by atoms with Gasteiger partial charge in [0.25, 0.3) is 0 Å². The summed E-state index contributed by atoms with van der Waals surface area (Å²) in [6.45, 7) is 8.39. The summed E-state index contributed by atoms with van der Waals surface area (Å²) in [7, 11) is 0. The van der Waals surface area contributed by atoms with Crippen LogP contribution >= 0.6 is 0 Å². The van der Waals surface area contributed by atoms with E-state index in [1.807, 2.05) is 0 Å². The molecule has 0 fully saturated rings. The molecule has 0 spiro atoms. The van der Waals surface area contributed by atoms with Crippen molar-refractivity contribution in [2.45, 2.75) is 53.4 Å². The molecule has 1 unspecified atom stereocenters. The number of aldehydes is 1.